The standard InChI is InChI=1S/C26H40INO4S/c1-2-3-16-24(29)17-14-12-10-8-6-4-5-7-9-11-13-15-18-26(30)28-33(31,32)25-21-19-23(27)20-22-25/h9,11,14,17,19-22,24,29H,2-8,10,12-13,15-16,18H2,1H3,(H,28,30)/b11-9-,17-14-/t24-/m1/s1. The second-order valence-electron chi connectivity index (χ2n) is 8.33. The third-order valence-corrected chi connectivity index (χ3v) is 7.38. The van der Waals surface area contributed by atoms with Crippen molar-refractivity contribution >= 4 is 38.5 Å². The number of sulfonamides is 1. The maximum atomic E-state index is 12.2. The van der Waals surface area contributed by atoms with Crippen LogP contribution in [-0.2, 0) is 14.8 Å². The number of hydrogen-bond acceptors (Lipinski definition) is 4. The number of amides is 1. The molecule has 5 nitrogen and oxygen atoms in total. The topological polar surface area (TPSA) is 83.5 Å². The number of carbonyl (C=O) groups excluding carboxylic acids is 1. The van der Waals surface area contributed by atoms with Gasteiger partial charge in [0.05, 0.1) is 11.0 Å². The van der Waals surface area contributed by atoms with E-state index in [1.807, 2.05) is 6.08 Å². The van der Waals surface area contributed by atoms with E-state index in [9.17, 15) is 18.3 Å². The molecule has 2 N–H and O–H groups in total. The maximum Gasteiger partial charge on any atom is 0.264 e. The van der Waals surface area contributed by atoms with Crippen LogP contribution in [0.3, 0.4) is 0 Å². The molecule has 0 spiro atoms. The third-order valence-electron chi connectivity index (χ3n) is 5.27. The maximum absolute atomic E-state index is 12.2. The van der Waals surface area contributed by atoms with Gasteiger partial charge < -0.3 is 5.11 Å². The van der Waals surface area contributed by atoms with Crippen LogP contribution in [0.25, 0.3) is 0 Å². The molecule has 0 aromatic heterocycles. The van der Waals surface area contributed by atoms with Crippen LogP contribution in [0.4, 0.5) is 0 Å². The summed E-state index contributed by atoms with van der Waals surface area (Å²) in [7, 11) is -3.79. The highest BCUT2D eigenvalue weighted by atomic mass is 127. The average molecular weight is 590 g/mol. The molecule has 0 saturated heterocycles. The van der Waals surface area contributed by atoms with Crippen molar-refractivity contribution in [1.82, 2.24) is 4.72 Å². The van der Waals surface area contributed by atoms with Crippen molar-refractivity contribution in [2.75, 3.05) is 0 Å². The Morgan fingerprint density at radius 3 is 2.15 bits per heavy atom. The van der Waals surface area contributed by atoms with Crippen molar-refractivity contribution in [3.63, 3.8) is 0 Å². The molecule has 1 rings (SSSR count). The Labute approximate surface area is 214 Å². The zero-order valence-electron chi connectivity index (χ0n) is 19.8. The van der Waals surface area contributed by atoms with Crippen LogP contribution in [0.2, 0.25) is 0 Å². The lowest BCUT2D eigenvalue weighted by Crippen LogP contribution is -2.30. The van der Waals surface area contributed by atoms with E-state index in [-0.39, 0.29) is 17.4 Å². The summed E-state index contributed by atoms with van der Waals surface area (Å²) in [5.74, 6) is -0.465. The molecule has 1 atom stereocenters. The molecule has 1 aromatic carbocycles. The Balaban J connectivity index is 2.01. The predicted octanol–water partition coefficient (Wildman–Crippen LogP) is 6.66. The summed E-state index contributed by atoms with van der Waals surface area (Å²) in [6, 6.07) is 6.39. The monoisotopic (exact) mass is 589 g/mol. The van der Waals surface area contributed by atoms with E-state index < -0.39 is 15.9 Å². The number of benzene rings is 1. The first kappa shape index (κ1) is 29.8. The minimum atomic E-state index is -3.79. The smallest absolute Gasteiger partial charge is 0.264 e. The Bertz CT molecular complexity index is 819. The second kappa shape index (κ2) is 18.2. The largest absolute Gasteiger partial charge is 0.389 e. The number of aliphatic hydroxyl groups excluding tert-OH is 1. The van der Waals surface area contributed by atoms with Gasteiger partial charge in [-0.1, -0.05) is 63.3 Å². The minimum absolute atomic E-state index is 0.105. The van der Waals surface area contributed by atoms with Crippen molar-refractivity contribution in [2.45, 2.75) is 101 Å². The molecule has 33 heavy (non-hydrogen) atoms. The highest BCUT2D eigenvalue weighted by molar-refractivity contribution is 14.1. The van der Waals surface area contributed by atoms with Gasteiger partial charge in [0.25, 0.3) is 10.0 Å². The third kappa shape index (κ3) is 15.4. The molecule has 0 aliphatic carbocycles. The van der Waals surface area contributed by atoms with Gasteiger partial charge in [-0.3, -0.25) is 4.79 Å². The molecule has 0 unspecified atom stereocenters. The Kier molecular flexibility index (Phi) is 16.4. The van der Waals surface area contributed by atoms with Gasteiger partial charge in [0.15, 0.2) is 0 Å². The molecule has 7 heteroatoms. The highest BCUT2D eigenvalue weighted by Gasteiger charge is 2.16. The van der Waals surface area contributed by atoms with Crippen molar-refractivity contribution < 1.29 is 18.3 Å². The number of halogens is 1. The first-order valence-electron chi connectivity index (χ1n) is 12.2. The minimum Gasteiger partial charge on any atom is -0.389 e. The summed E-state index contributed by atoms with van der Waals surface area (Å²) < 4.78 is 27.5. The molecule has 0 radical (unpaired) electrons. The molecule has 1 aromatic rings. The van der Waals surface area contributed by atoms with E-state index >= 15 is 0 Å². The molecule has 0 aliphatic rings. The lowest BCUT2D eigenvalue weighted by atomic mass is 10.1. The Morgan fingerprint density at radius 1 is 0.939 bits per heavy atom. The first-order valence-corrected chi connectivity index (χ1v) is 14.7. The van der Waals surface area contributed by atoms with Crippen molar-refractivity contribution in [3.8, 4) is 0 Å². The van der Waals surface area contributed by atoms with E-state index in [0.29, 0.717) is 6.42 Å². The van der Waals surface area contributed by atoms with Crippen LogP contribution in [0.15, 0.2) is 53.5 Å². The molecule has 0 aliphatic heterocycles. The number of carbonyl (C=O) groups is 1. The molecular formula is C26H40INO4S. The highest BCUT2D eigenvalue weighted by Crippen LogP contribution is 2.13. The van der Waals surface area contributed by atoms with Gasteiger partial charge in [-0.05, 0) is 91.8 Å². The van der Waals surface area contributed by atoms with Gasteiger partial charge in [-0.15, -0.1) is 0 Å². The van der Waals surface area contributed by atoms with E-state index in [4.69, 9.17) is 0 Å². The summed E-state index contributed by atoms with van der Waals surface area (Å²) in [6.45, 7) is 2.14. The quantitative estimate of drug-likeness (QED) is 0.114. The van der Waals surface area contributed by atoms with Gasteiger partial charge in [-0.25, -0.2) is 13.1 Å². The van der Waals surface area contributed by atoms with Gasteiger partial charge in [0.1, 0.15) is 0 Å². The summed E-state index contributed by atoms with van der Waals surface area (Å²) in [6.07, 6.45) is 20.7. The summed E-state index contributed by atoms with van der Waals surface area (Å²) in [4.78, 5) is 12.0. The van der Waals surface area contributed by atoms with Crippen LogP contribution in [0.5, 0.6) is 0 Å². The van der Waals surface area contributed by atoms with E-state index in [2.05, 4.69) is 52.5 Å². The SMILES string of the molecule is CCCC[C@@H](O)/C=C\CCCCCCC/C=C\CCCC(=O)NS(=O)(=O)c1ccc(I)cc1. The van der Waals surface area contributed by atoms with Crippen LogP contribution < -0.4 is 4.72 Å². The van der Waals surface area contributed by atoms with Gasteiger partial charge in [0, 0.05) is 9.99 Å². The fraction of sp³-hybridized carbons (Fsp3) is 0.577. The zero-order valence-corrected chi connectivity index (χ0v) is 22.8. The summed E-state index contributed by atoms with van der Waals surface area (Å²) in [5, 5.41) is 9.74. The number of rotatable bonds is 18. The van der Waals surface area contributed by atoms with Crippen molar-refractivity contribution in [2.24, 2.45) is 0 Å². The average Bonchev–Trinajstić information content (AvgIpc) is 2.77. The van der Waals surface area contributed by atoms with Gasteiger partial charge in [0.2, 0.25) is 5.91 Å². The fourth-order valence-corrected chi connectivity index (χ4v) is 4.68. The summed E-state index contributed by atoms with van der Waals surface area (Å²) >= 11 is 2.10. The molecule has 0 fully saturated rings. The molecule has 1 amide bonds. The summed E-state index contributed by atoms with van der Waals surface area (Å²) in [5.41, 5.74) is 0. The number of unbranched alkanes of at least 4 members (excludes halogenated alkanes) is 8. The zero-order chi connectivity index (χ0) is 24.4. The normalized spacial score (nSPS) is 13.1. The molecule has 0 heterocycles. The van der Waals surface area contributed by atoms with Gasteiger partial charge >= 0.3 is 0 Å². The Morgan fingerprint density at radius 2 is 1.52 bits per heavy atom. The molecule has 0 saturated carbocycles. The van der Waals surface area contributed by atoms with Crippen LogP contribution in [-0.4, -0.2) is 25.5 Å². The number of allylic oxidation sites excluding steroid dienone is 3. The van der Waals surface area contributed by atoms with E-state index in [1.165, 1.54) is 37.8 Å². The fourth-order valence-electron chi connectivity index (χ4n) is 3.31. The van der Waals surface area contributed by atoms with E-state index in [1.54, 1.807) is 12.1 Å². The van der Waals surface area contributed by atoms with Crippen LogP contribution in [0.1, 0.15) is 90.4 Å². The molecule has 186 valence electrons. The number of aliphatic hydroxyl groups is 1. The number of hydrogen-bond donors (Lipinski definition) is 2. The Hall–Kier alpha value is -1.19. The molecule has 0 bridgehead atoms. The van der Waals surface area contributed by atoms with Crippen molar-refractivity contribution in [3.05, 3.63) is 52.1 Å². The molecular weight excluding hydrogens is 549 g/mol. The lowest BCUT2D eigenvalue weighted by Gasteiger charge is -2.06. The van der Waals surface area contributed by atoms with Crippen LogP contribution >= 0.6 is 22.6 Å². The second-order valence-corrected chi connectivity index (χ2v) is 11.3. The van der Waals surface area contributed by atoms with Crippen molar-refractivity contribution in [1.29, 1.82) is 0 Å². The van der Waals surface area contributed by atoms with E-state index in [0.717, 1.165) is 48.5 Å². The van der Waals surface area contributed by atoms with Crippen LogP contribution in [0, 0.1) is 3.57 Å². The lowest BCUT2D eigenvalue weighted by molar-refractivity contribution is -0.119. The van der Waals surface area contributed by atoms with Gasteiger partial charge in [-0.2, -0.15) is 0 Å². The predicted molar refractivity (Wildman–Crippen MR) is 144 cm³/mol. The number of nitrogens with one attached hydrogen (secondary N) is 1. The first-order chi connectivity index (χ1) is 15.8.